The summed E-state index contributed by atoms with van der Waals surface area (Å²) in [7, 11) is 1.81. The van der Waals surface area contributed by atoms with Gasteiger partial charge in [-0.3, -0.25) is 39.3 Å². The molecule has 0 spiro atoms. The lowest BCUT2D eigenvalue weighted by molar-refractivity contribution is -0.537. The van der Waals surface area contributed by atoms with Crippen molar-refractivity contribution < 1.29 is 103 Å². The van der Waals surface area contributed by atoms with Crippen LogP contribution < -0.4 is 59.7 Å². The van der Waals surface area contributed by atoms with E-state index in [9.17, 15) is 89.4 Å². The third kappa shape index (κ3) is 32.7. The summed E-state index contributed by atoms with van der Waals surface area (Å²) in [5, 5.41) is 124. The Hall–Kier alpha value is -5.11. The van der Waals surface area contributed by atoms with Crippen molar-refractivity contribution >= 4 is 120 Å². The monoisotopic (exact) mass is 1890 g/mol. The van der Waals surface area contributed by atoms with Crippen LogP contribution in [0.5, 0.6) is 0 Å². The van der Waals surface area contributed by atoms with Gasteiger partial charge in [0.1, 0.15) is 91.2 Å². The molecule has 10 heterocycles. The highest BCUT2D eigenvalue weighted by atomic mass is 32.1. The number of thiocarbonyl (C=S) groups is 1. The molecule has 0 saturated carbocycles. The number of nitrogens with zero attached hydrogens (tertiary/aromatic N) is 5. The van der Waals surface area contributed by atoms with E-state index in [-0.39, 0.29) is 42.4 Å². The van der Waals surface area contributed by atoms with Crippen molar-refractivity contribution in [3.05, 3.63) is 89.2 Å². The highest BCUT2D eigenvalue weighted by Gasteiger charge is 2.54. The number of aliphatic hydroxyl groups is 10. The van der Waals surface area contributed by atoms with Gasteiger partial charge in [-0.2, -0.15) is 29.4 Å². The summed E-state index contributed by atoms with van der Waals surface area (Å²) in [5.41, 5.74) is -0.682. The molecule has 0 bridgehead atoms. The average molecular weight is 1900 g/mol. The maximum Gasteiger partial charge on any atom is 0.500 e. The molecule has 10 rings (SSSR count). The Morgan fingerprint density at radius 3 is 1.02 bits per heavy atom. The molecule has 37 nitrogen and oxygen atoms in total. The number of urea groups is 2. The normalized spacial score (nSPS) is 30.0. The molecule has 19 N–H and O–H groups in total. The highest BCUT2D eigenvalue weighted by Crippen LogP contribution is 2.44. The molecule has 2 aromatic rings. The molecule has 2 aromatic heterocycles. The van der Waals surface area contributed by atoms with Crippen LogP contribution in [0.4, 0.5) is 9.59 Å². The van der Waals surface area contributed by atoms with E-state index in [4.69, 9.17) is 35.9 Å². The van der Waals surface area contributed by atoms with Crippen LogP contribution in [0.15, 0.2) is 55.6 Å². The van der Waals surface area contributed by atoms with Gasteiger partial charge < -0.3 is 95.6 Å². The quantitative estimate of drug-likeness (QED) is 0.0173. The zero-order valence-corrected chi connectivity index (χ0v) is 81.3. The smallest absolute Gasteiger partial charge is 0.388 e. The lowest BCUT2D eigenvalue weighted by atomic mass is 9.99. The molecule has 5 fully saturated rings. The van der Waals surface area contributed by atoms with Crippen molar-refractivity contribution in [3.63, 3.8) is 0 Å². The number of carbonyl (C=O) groups excluding carboxylic acids is 4. The fourth-order valence-corrected chi connectivity index (χ4v) is 19.5. The van der Waals surface area contributed by atoms with Crippen LogP contribution in [0.1, 0.15) is 109 Å². The summed E-state index contributed by atoms with van der Waals surface area (Å²) in [6.07, 6.45) is 20.8. The van der Waals surface area contributed by atoms with E-state index in [0.717, 1.165) is 82.7 Å². The lowest BCUT2D eigenvalue weighted by Crippen LogP contribution is -2.55. The molecule has 22 atom stereocenters. The number of aromatic nitrogens is 4. The summed E-state index contributed by atoms with van der Waals surface area (Å²) >= 11 is 5.14. The first-order valence-corrected chi connectivity index (χ1v) is 58.7. The second-order valence-corrected chi connectivity index (χ2v) is 58.9. The summed E-state index contributed by atoms with van der Waals surface area (Å²) in [4.78, 5) is 103. The topological polar surface area (TPSA) is 520 Å². The van der Waals surface area contributed by atoms with Crippen LogP contribution in [-0.4, -0.2) is 411 Å². The van der Waals surface area contributed by atoms with Gasteiger partial charge in [0.25, 0.3) is 11.1 Å². The Balaban J connectivity index is 0.000000244. The van der Waals surface area contributed by atoms with Gasteiger partial charge >= 0.3 is 35.3 Å². The van der Waals surface area contributed by atoms with E-state index >= 15 is 0 Å². The van der Waals surface area contributed by atoms with E-state index < -0.39 is 197 Å². The van der Waals surface area contributed by atoms with E-state index in [0.29, 0.717) is 61.6 Å². The van der Waals surface area contributed by atoms with Crippen molar-refractivity contribution in [2.45, 2.75) is 221 Å². The van der Waals surface area contributed by atoms with Crippen LogP contribution in [0.25, 0.3) is 0 Å². The molecule has 126 heavy (non-hydrogen) atoms. The first-order valence-electron chi connectivity index (χ1n) is 43.0. The number of hydrogen-bond acceptors (Lipinski definition) is 28. The van der Waals surface area contributed by atoms with Gasteiger partial charge in [0.15, 0.2) is 5.11 Å². The van der Waals surface area contributed by atoms with Gasteiger partial charge in [-0.1, -0.05) is 34.3 Å². The average Bonchev–Trinajstić information content (AvgIpc) is 1.68. The number of hydrogen-bond donors (Lipinski definition) is 19. The third-order valence-electron chi connectivity index (χ3n) is 21.9. The third-order valence-corrected chi connectivity index (χ3v) is 29.7. The summed E-state index contributed by atoms with van der Waals surface area (Å²) in [6.45, 7) is 30.9. The Morgan fingerprint density at radius 2 is 0.706 bits per heavy atom. The van der Waals surface area contributed by atoms with E-state index in [1.807, 2.05) is 34.7 Å². The maximum absolute atomic E-state index is 12.2. The lowest BCUT2D eigenvalue weighted by Gasteiger charge is -2.30. The minimum absolute atomic E-state index is 0.139. The number of nitrogens with one attached hydrogen (secondary N) is 9. The molecule has 0 aromatic carbocycles. The standard InChI is InChI=1S/4C17H30N3O5P.C15H25N2O3PS/c2*1-5-7-18-10-20-9-11(16(23)19-17(20)24)15-14(22)13(21)12(25-15)6-8-26(2,3)4;2*1-5-7-18-9-11-10-20(17(24)19-15(11)23)16-14(22)13(21)12(25-16)6-8-26(2,3)4;1-9-10(8-17(2)15(22)16-9)14-13(19)12(18)11(20-14)6-7-21(3,4)5/h2*9,12-15,18,21-22H,2,5-8,10H2,1,3-4H3,(H,19,23,24);2*10-14,16,18,21-22H,2,5-9H2,1,3-4H3;8,11-14,18-19H,1,3,6-7H2,2,4-5H3,(H,16,22)/p+2/t2*12-,13-,14-,15+;2*11?,12-,13-,14-,16-;11-,12-,13-,14+/m11111/s1. The molecule has 8 aliphatic rings. The number of carbonyl (C=O) groups is 4. The van der Waals surface area contributed by atoms with E-state index in [1.54, 1.807) is 11.1 Å². The van der Waals surface area contributed by atoms with Crippen molar-refractivity contribution in [1.82, 2.24) is 61.2 Å². The SMILES string of the molecule is C=C1NC(=S)N(C)C=C1[C@@H]1O[C@H](CCP(=C)(C)C)[C@@H](O)[C@H]1O.C=P(C)(C)CC[C@H]1O[C@@H]([N+]2=CC(CNCCC)C(=O)NC2=O)[C@H](O)[C@@H]1O.C=P(C)(C)CC[C@H]1O[C@@H]([N+]2=CC(CNCCC)C(=O)NC2=O)[C@H](O)[C@@H]1O.C=P(C)(C)CC[C@H]1O[C@@H](c2cn(CNCCC)c(=O)[nH]c2=O)[C@H](O)[C@@H]1O.C=P(C)(C)CC[C@H]1O[C@@H](c2cn(CNCCC)c(=O)[nH]c2=O)[C@H](O)[C@@H]1O. The van der Waals surface area contributed by atoms with Crippen LogP contribution in [0.3, 0.4) is 0 Å². The zero-order valence-electron chi connectivity index (χ0n) is 76.0. The van der Waals surface area contributed by atoms with Crippen molar-refractivity contribution in [3.8, 4) is 0 Å². The molecule has 43 heteroatoms. The van der Waals surface area contributed by atoms with E-state index in [2.05, 4.69) is 152 Å². The predicted octanol–water partition coefficient (Wildman–Crippen LogP) is -0.736. The van der Waals surface area contributed by atoms with Gasteiger partial charge in [-0.25, -0.2) is 19.2 Å². The Kier molecular flexibility index (Phi) is 42.7. The van der Waals surface area contributed by atoms with Gasteiger partial charge in [0.2, 0.25) is 12.5 Å². The minimum atomic E-state index is -1.29. The van der Waals surface area contributed by atoms with Crippen LogP contribution >= 0.6 is 46.6 Å². The molecule has 5 saturated heterocycles. The molecule has 716 valence electrons. The first-order chi connectivity index (χ1) is 58.6. The van der Waals surface area contributed by atoms with Crippen LogP contribution in [0, 0.1) is 11.8 Å². The van der Waals surface area contributed by atoms with Gasteiger partial charge in [0, 0.05) is 50.0 Å². The second-order valence-electron chi connectivity index (χ2n) is 36.9. The highest BCUT2D eigenvalue weighted by molar-refractivity contribution is 7.80. The van der Waals surface area contributed by atoms with Crippen LogP contribution in [0.2, 0.25) is 0 Å². The second kappa shape index (κ2) is 49.0. The minimum Gasteiger partial charge on any atom is -0.388 e. The van der Waals surface area contributed by atoms with Gasteiger partial charge in [0.05, 0.1) is 67.4 Å². The van der Waals surface area contributed by atoms with Crippen molar-refractivity contribution in [1.29, 1.82) is 0 Å². The molecule has 6 amide bonds. The van der Waals surface area contributed by atoms with Crippen LogP contribution in [-0.2, 0) is 46.6 Å². The Bertz CT molecular complexity index is 4410. The number of imide groups is 2. The number of amides is 6. The first kappa shape index (κ1) is 110. The number of rotatable bonds is 36. The molecular weight excluding hydrogens is 1750 g/mol. The van der Waals surface area contributed by atoms with Gasteiger partial charge in [-0.15, -0.1) is 65.9 Å². The summed E-state index contributed by atoms with van der Waals surface area (Å²) in [5.74, 6) is -1.86. The van der Waals surface area contributed by atoms with Crippen molar-refractivity contribution in [2.75, 3.05) is 144 Å². The number of ether oxygens (including phenoxy) is 5. The molecular formula is C83H147N14O23P5S+2. The Morgan fingerprint density at radius 1 is 0.421 bits per heavy atom. The number of H-pyrrole nitrogens is 2. The molecule has 0 radical (unpaired) electrons. The largest absolute Gasteiger partial charge is 0.500 e. The molecule has 0 aliphatic carbocycles. The fourth-order valence-electron chi connectivity index (χ4n) is 14.6. The van der Waals surface area contributed by atoms with Gasteiger partial charge in [-0.05, 0) is 194 Å². The van der Waals surface area contributed by atoms with Crippen molar-refractivity contribution in [2.24, 2.45) is 11.8 Å². The molecule has 8 aliphatic heterocycles. The zero-order chi connectivity index (χ0) is 94.6. The van der Waals surface area contributed by atoms with E-state index in [1.165, 1.54) is 43.1 Å². The maximum atomic E-state index is 12.2. The fraction of sp³-hybridized carbons (Fsp3) is 0.711. The number of aromatic amines is 2. The molecule has 2 unspecified atom stereocenters. The Labute approximate surface area is 745 Å². The predicted molar refractivity (Wildman–Crippen MR) is 511 cm³/mol. The number of aliphatic hydroxyl groups excluding tert-OH is 10. The summed E-state index contributed by atoms with van der Waals surface area (Å²) in [6, 6.07) is -1.30. The summed E-state index contributed by atoms with van der Waals surface area (Å²) < 4.78 is 34.2.